The molecule has 0 spiro atoms. The van der Waals surface area contributed by atoms with Crippen LogP contribution in [0.1, 0.15) is 37.7 Å². The number of esters is 1. The van der Waals surface area contributed by atoms with Crippen LogP contribution in [-0.2, 0) is 16.1 Å². The summed E-state index contributed by atoms with van der Waals surface area (Å²) < 4.78 is 4.97. The number of hydrogen-bond donors (Lipinski definition) is 0. The van der Waals surface area contributed by atoms with Gasteiger partial charge in [0, 0.05) is 24.0 Å². The number of thiophene rings is 1. The van der Waals surface area contributed by atoms with Crippen molar-refractivity contribution >= 4 is 22.3 Å². The van der Waals surface area contributed by atoms with Crippen LogP contribution in [0.3, 0.4) is 0 Å². The minimum Gasteiger partial charge on any atom is -0.468 e. The summed E-state index contributed by atoms with van der Waals surface area (Å²) >= 11 is 1.14. The molecule has 0 N–H and O–H groups in total. The summed E-state index contributed by atoms with van der Waals surface area (Å²) in [7, 11) is 1.43. The number of nitro groups is 1. The molecule has 1 saturated carbocycles. The van der Waals surface area contributed by atoms with Gasteiger partial charge in [-0.1, -0.05) is 24.2 Å². The lowest BCUT2D eigenvalue weighted by molar-refractivity contribution is -0.380. The van der Waals surface area contributed by atoms with Gasteiger partial charge in [0.05, 0.1) is 12.0 Å². The highest BCUT2D eigenvalue weighted by atomic mass is 32.1. The first-order valence-corrected chi connectivity index (χ1v) is 8.53. The van der Waals surface area contributed by atoms with Crippen LogP contribution in [0.2, 0.25) is 0 Å². The van der Waals surface area contributed by atoms with Crippen LogP contribution in [0.25, 0.3) is 0 Å². The Balaban J connectivity index is 1.80. The van der Waals surface area contributed by atoms with E-state index < -0.39 is 0 Å². The van der Waals surface area contributed by atoms with Gasteiger partial charge in [0.1, 0.15) is 6.04 Å². The fourth-order valence-corrected chi connectivity index (χ4v) is 4.62. The molecule has 0 amide bonds. The van der Waals surface area contributed by atoms with Crippen LogP contribution in [0.15, 0.2) is 11.4 Å². The summed E-state index contributed by atoms with van der Waals surface area (Å²) in [5.41, 5.74) is 0.914. The van der Waals surface area contributed by atoms with Gasteiger partial charge in [-0.05, 0) is 30.7 Å². The third-order valence-electron chi connectivity index (χ3n) is 4.88. The molecule has 22 heavy (non-hydrogen) atoms. The van der Waals surface area contributed by atoms with Crippen LogP contribution in [0.4, 0.5) is 5.00 Å². The lowest BCUT2D eigenvalue weighted by Crippen LogP contribution is -2.42. The summed E-state index contributed by atoms with van der Waals surface area (Å²) in [4.78, 5) is 24.8. The summed E-state index contributed by atoms with van der Waals surface area (Å²) in [6.45, 7) is 0.589. The molecule has 2 aliphatic rings. The molecule has 0 aromatic carbocycles. The molecule has 1 aliphatic carbocycles. The molecule has 0 radical (unpaired) electrons. The molecule has 3 atom stereocenters. The topological polar surface area (TPSA) is 72.7 Å². The van der Waals surface area contributed by atoms with Gasteiger partial charge in [0.2, 0.25) is 0 Å². The minimum atomic E-state index is -0.362. The maximum atomic E-state index is 12.1. The highest BCUT2D eigenvalue weighted by Crippen LogP contribution is 2.41. The van der Waals surface area contributed by atoms with E-state index in [2.05, 4.69) is 4.90 Å². The summed E-state index contributed by atoms with van der Waals surface area (Å²) in [6, 6.07) is 1.81. The molecule has 2 heterocycles. The Labute approximate surface area is 133 Å². The highest BCUT2D eigenvalue weighted by molar-refractivity contribution is 7.13. The Morgan fingerprint density at radius 3 is 2.95 bits per heavy atom. The number of rotatable bonds is 4. The third kappa shape index (κ3) is 2.87. The van der Waals surface area contributed by atoms with E-state index in [-0.39, 0.29) is 21.9 Å². The van der Waals surface area contributed by atoms with Gasteiger partial charge >= 0.3 is 11.0 Å². The Morgan fingerprint density at radius 2 is 2.27 bits per heavy atom. The van der Waals surface area contributed by atoms with Crippen molar-refractivity contribution in [3.63, 3.8) is 0 Å². The number of hydrogen-bond acceptors (Lipinski definition) is 6. The normalized spacial score (nSPS) is 28.3. The standard InChI is InChI=1S/C15H20N2O4S/c1-21-15(18)13-7-11-4-2-3-5-12(11)16(13)8-10-6-14(17(19)20)22-9-10/h6,9,11-13H,2-5,7-8H2,1H3. The molecule has 3 unspecified atom stereocenters. The highest BCUT2D eigenvalue weighted by Gasteiger charge is 2.45. The predicted molar refractivity (Wildman–Crippen MR) is 82.7 cm³/mol. The van der Waals surface area contributed by atoms with Gasteiger partial charge in [-0.25, -0.2) is 0 Å². The Bertz CT molecular complexity index is 574. The Kier molecular flexibility index (Phi) is 4.44. The summed E-state index contributed by atoms with van der Waals surface area (Å²) in [6.07, 6.45) is 5.54. The second kappa shape index (κ2) is 6.34. The largest absolute Gasteiger partial charge is 0.468 e. The SMILES string of the molecule is COC(=O)C1CC2CCCCC2N1Cc1csc([N+](=O)[O-])c1. The third-order valence-corrected chi connectivity index (χ3v) is 5.81. The zero-order chi connectivity index (χ0) is 15.7. The van der Waals surface area contributed by atoms with E-state index in [0.717, 1.165) is 29.7 Å². The van der Waals surface area contributed by atoms with Crippen LogP contribution in [-0.4, -0.2) is 35.0 Å². The maximum absolute atomic E-state index is 12.1. The minimum absolute atomic E-state index is 0.156. The number of nitrogens with zero attached hydrogens (tertiary/aromatic N) is 2. The average molecular weight is 324 g/mol. The predicted octanol–water partition coefficient (Wildman–Crippen LogP) is 2.96. The van der Waals surface area contributed by atoms with Gasteiger partial charge in [-0.2, -0.15) is 0 Å². The molecular weight excluding hydrogens is 304 g/mol. The van der Waals surface area contributed by atoms with E-state index in [0.29, 0.717) is 18.5 Å². The van der Waals surface area contributed by atoms with Crippen molar-refractivity contribution in [1.82, 2.24) is 4.90 Å². The molecule has 1 saturated heterocycles. The summed E-state index contributed by atoms with van der Waals surface area (Å²) in [5.74, 6) is 0.366. The molecule has 1 aromatic rings. The quantitative estimate of drug-likeness (QED) is 0.484. The van der Waals surface area contributed by atoms with E-state index in [4.69, 9.17) is 4.74 Å². The zero-order valence-corrected chi connectivity index (χ0v) is 13.4. The number of fused-ring (bicyclic) bond motifs is 1. The first kappa shape index (κ1) is 15.4. The fraction of sp³-hybridized carbons (Fsp3) is 0.667. The molecular formula is C15H20N2O4S. The van der Waals surface area contributed by atoms with Crippen LogP contribution in [0.5, 0.6) is 0 Å². The number of methoxy groups -OCH3 is 1. The second-order valence-corrected chi connectivity index (χ2v) is 7.00. The van der Waals surface area contributed by atoms with Crippen molar-refractivity contribution in [1.29, 1.82) is 0 Å². The lowest BCUT2D eigenvalue weighted by Gasteiger charge is -2.32. The molecule has 6 nitrogen and oxygen atoms in total. The van der Waals surface area contributed by atoms with E-state index in [1.54, 1.807) is 6.07 Å². The zero-order valence-electron chi connectivity index (χ0n) is 12.6. The number of ether oxygens (including phenoxy) is 1. The van der Waals surface area contributed by atoms with Gasteiger partial charge in [0.15, 0.2) is 0 Å². The van der Waals surface area contributed by atoms with Crippen LogP contribution >= 0.6 is 11.3 Å². The van der Waals surface area contributed by atoms with E-state index in [1.165, 1.54) is 26.4 Å². The van der Waals surface area contributed by atoms with Crippen LogP contribution in [0, 0.1) is 16.0 Å². The van der Waals surface area contributed by atoms with E-state index >= 15 is 0 Å². The summed E-state index contributed by atoms with van der Waals surface area (Å²) in [5, 5.41) is 12.8. The number of carbonyl (C=O) groups excluding carboxylic acids is 1. The van der Waals surface area contributed by atoms with E-state index in [9.17, 15) is 14.9 Å². The van der Waals surface area contributed by atoms with Crippen molar-refractivity contribution < 1.29 is 14.5 Å². The lowest BCUT2D eigenvalue weighted by atomic mass is 9.84. The monoisotopic (exact) mass is 324 g/mol. The van der Waals surface area contributed by atoms with Crippen molar-refractivity contribution in [2.24, 2.45) is 5.92 Å². The maximum Gasteiger partial charge on any atom is 0.324 e. The first-order chi connectivity index (χ1) is 10.6. The average Bonchev–Trinajstić information content (AvgIpc) is 3.12. The molecule has 2 fully saturated rings. The van der Waals surface area contributed by atoms with E-state index in [1.807, 2.05) is 5.38 Å². The van der Waals surface area contributed by atoms with Crippen LogP contribution < -0.4 is 0 Å². The molecule has 7 heteroatoms. The van der Waals surface area contributed by atoms with Crippen molar-refractivity contribution in [3.05, 3.63) is 27.1 Å². The molecule has 1 aliphatic heterocycles. The van der Waals surface area contributed by atoms with Gasteiger partial charge in [0.25, 0.3) is 0 Å². The Morgan fingerprint density at radius 1 is 1.50 bits per heavy atom. The second-order valence-electron chi connectivity index (χ2n) is 6.11. The molecule has 3 rings (SSSR count). The smallest absolute Gasteiger partial charge is 0.324 e. The van der Waals surface area contributed by atoms with Gasteiger partial charge in [-0.3, -0.25) is 19.8 Å². The number of likely N-dealkylation sites (tertiary alicyclic amines) is 1. The fourth-order valence-electron chi connectivity index (χ4n) is 3.90. The molecule has 0 bridgehead atoms. The Hall–Kier alpha value is -1.47. The number of carbonyl (C=O) groups is 1. The molecule has 120 valence electrons. The van der Waals surface area contributed by atoms with Crippen molar-refractivity contribution in [3.8, 4) is 0 Å². The van der Waals surface area contributed by atoms with Crippen molar-refractivity contribution in [2.75, 3.05) is 7.11 Å². The van der Waals surface area contributed by atoms with Gasteiger partial charge < -0.3 is 4.74 Å². The first-order valence-electron chi connectivity index (χ1n) is 7.65. The van der Waals surface area contributed by atoms with Crippen molar-refractivity contribution in [2.45, 2.75) is 50.7 Å². The molecule has 1 aromatic heterocycles. The van der Waals surface area contributed by atoms with Gasteiger partial charge in [-0.15, -0.1) is 0 Å².